The summed E-state index contributed by atoms with van der Waals surface area (Å²) in [6.45, 7) is 1.36. The van der Waals surface area contributed by atoms with E-state index >= 15 is 0 Å². The lowest BCUT2D eigenvalue weighted by atomic mass is 10.1. The SMILES string of the molecule is Cc1c(-c2ccccc2)noc1NC(=O)[C@@H](N)CO.Cl. The van der Waals surface area contributed by atoms with Gasteiger partial charge in [0.15, 0.2) is 0 Å². The topological polar surface area (TPSA) is 101 Å². The molecule has 1 amide bonds. The van der Waals surface area contributed by atoms with Gasteiger partial charge in [0, 0.05) is 11.1 Å². The summed E-state index contributed by atoms with van der Waals surface area (Å²) < 4.78 is 5.10. The second-order valence-electron chi connectivity index (χ2n) is 4.13. The number of nitrogens with one attached hydrogen (secondary N) is 1. The van der Waals surface area contributed by atoms with E-state index in [9.17, 15) is 4.79 Å². The Morgan fingerprint density at radius 2 is 2.10 bits per heavy atom. The van der Waals surface area contributed by atoms with Crippen LogP contribution in [0.2, 0.25) is 0 Å². The first-order valence-corrected chi connectivity index (χ1v) is 5.82. The van der Waals surface area contributed by atoms with Gasteiger partial charge in [0.1, 0.15) is 11.7 Å². The number of nitrogens with zero attached hydrogens (tertiary/aromatic N) is 1. The van der Waals surface area contributed by atoms with Crippen molar-refractivity contribution in [2.24, 2.45) is 5.73 Å². The second-order valence-corrected chi connectivity index (χ2v) is 4.13. The van der Waals surface area contributed by atoms with Crippen molar-refractivity contribution < 1.29 is 14.4 Å². The van der Waals surface area contributed by atoms with Crippen LogP contribution in [-0.4, -0.2) is 28.8 Å². The maximum Gasteiger partial charge on any atom is 0.246 e. The molecule has 20 heavy (non-hydrogen) atoms. The molecule has 7 heteroatoms. The van der Waals surface area contributed by atoms with Gasteiger partial charge in [-0.15, -0.1) is 12.4 Å². The van der Waals surface area contributed by atoms with Crippen molar-refractivity contribution >= 4 is 24.2 Å². The highest BCUT2D eigenvalue weighted by Gasteiger charge is 2.18. The van der Waals surface area contributed by atoms with Gasteiger partial charge in [0.05, 0.1) is 6.61 Å². The number of aromatic nitrogens is 1. The van der Waals surface area contributed by atoms with Gasteiger partial charge < -0.3 is 15.4 Å². The molecule has 0 saturated heterocycles. The third kappa shape index (κ3) is 3.36. The van der Waals surface area contributed by atoms with E-state index in [-0.39, 0.29) is 18.3 Å². The normalized spacial score (nSPS) is 11.6. The van der Waals surface area contributed by atoms with Crippen LogP contribution in [0.15, 0.2) is 34.9 Å². The monoisotopic (exact) mass is 297 g/mol. The lowest BCUT2D eigenvalue weighted by Gasteiger charge is -2.07. The molecule has 1 aromatic carbocycles. The Bertz CT molecular complexity index is 571. The molecule has 4 N–H and O–H groups in total. The van der Waals surface area contributed by atoms with Gasteiger partial charge in [-0.05, 0) is 6.92 Å². The van der Waals surface area contributed by atoms with Gasteiger partial charge in [-0.3, -0.25) is 10.1 Å². The van der Waals surface area contributed by atoms with Crippen LogP contribution in [0.5, 0.6) is 0 Å². The van der Waals surface area contributed by atoms with Crippen LogP contribution >= 0.6 is 12.4 Å². The summed E-state index contributed by atoms with van der Waals surface area (Å²) in [4.78, 5) is 11.6. The second kappa shape index (κ2) is 7.04. The molecular weight excluding hydrogens is 282 g/mol. The first kappa shape index (κ1) is 16.2. The lowest BCUT2D eigenvalue weighted by Crippen LogP contribution is -2.38. The van der Waals surface area contributed by atoms with Crippen molar-refractivity contribution in [3.05, 3.63) is 35.9 Å². The molecule has 0 spiro atoms. The number of amides is 1. The number of carbonyl (C=O) groups excluding carboxylic acids is 1. The van der Waals surface area contributed by atoms with Gasteiger partial charge in [0.2, 0.25) is 11.8 Å². The molecule has 2 rings (SSSR count). The number of anilines is 1. The van der Waals surface area contributed by atoms with Crippen molar-refractivity contribution in [3.63, 3.8) is 0 Å². The van der Waals surface area contributed by atoms with Crippen LogP contribution in [-0.2, 0) is 4.79 Å². The van der Waals surface area contributed by atoms with Crippen LogP contribution in [0.3, 0.4) is 0 Å². The Morgan fingerprint density at radius 1 is 1.45 bits per heavy atom. The molecule has 0 saturated carbocycles. The fourth-order valence-electron chi connectivity index (χ4n) is 1.61. The number of benzene rings is 1. The Morgan fingerprint density at radius 3 is 2.70 bits per heavy atom. The van der Waals surface area contributed by atoms with Gasteiger partial charge in [0.25, 0.3) is 0 Å². The maximum atomic E-state index is 11.6. The maximum absolute atomic E-state index is 11.6. The molecule has 1 aromatic heterocycles. The molecule has 0 bridgehead atoms. The zero-order chi connectivity index (χ0) is 13.8. The fraction of sp³-hybridized carbons (Fsp3) is 0.231. The van der Waals surface area contributed by atoms with Crippen LogP contribution in [0.1, 0.15) is 5.56 Å². The van der Waals surface area contributed by atoms with Gasteiger partial charge >= 0.3 is 0 Å². The number of halogens is 1. The summed E-state index contributed by atoms with van der Waals surface area (Å²) in [5, 5.41) is 15.2. The molecule has 0 fully saturated rings. The number of aliphatic hydroxyl groups is 1. The van der Waals surface area contributed by atoms with Crippen molar-refractivity contribution in [1.82, 2.24) is 5.16 Å². The highest BCUT2D eigenvalue weighted by Crippen LogP contribution is 2.27. The quantitative estimate of drug-likeness (QED) is 0.790. The molecule has 0 aliphatic rings. The summed E-state index contributed by atoms with van der Waals surface area (Å²) in [7, 11) is 0. The molecule has 108 valence electrons. The zero-order valence-electron chi connectivity index (χ0n) is 10.9. The minimum atomic E-state index is -0.982. The van der Waals surface area contributed by atoms with E-state index in [0.717, 1.165) is 5.56 Å². The summed E-state index contributed by atoms with van der Waals surface area (Å²) in [6, 6.07) is 8.50. The standard InChI is InChI=1S/C13H15N3O3.ClH/c1-8-11(9-5-3-2-4-6-9)16-19-13(8)15-12(18)10(14)7-17;/h2-6,10,17H,7,14H2,1H3,(H,15,18);1H/t10-;/m0./s1. The van der Waals surface area contributed by atoms with E-state index in [0.29, 0.717) is 11.3 Å². The van der Waals surface area contributed by atoms with E-state index in [1.165, 1.54) is 0 Å². The summed E-state index contributed by atoms with van der Waals surface area (Å²) >= 11 is 0. The van der Waals surface area contributed by atoms with Crippen LogP contribution < -0.4 is 11.1 Å². The highest BCUT2D eigenvalue weighted by molar-refractivity contribution is 5.94. The van der Waals surface area contributed by atoms with E-state index in [1.807, 2.05) is 30.3 Å². The molecule has 1 heterocycles. The Kier molecular flexibility index (Phi) is 5.69. The predicted molar refractivity (Wildman–Crippen MR) is 77.6 cm³/mol. The van der Waals surface area contributed by atoms with E-state index in [4.69, 9.17) is 15.4 Å². The lowest BCUT2D eigenvalue weighted by molar-refractivity contribution is -0.118. The fourth-order valence-corrected chi connectivity index (χ4v) is 1.61. The average molecular weight is 298 g/mol. The third-order valence-electron chi connectivity index (χ3n) is 2.74. The first-order chi connectivity index (χ1) is 9.13. The minimum Gasteiger partial charge on any atom is -0.394 e. The molecule has 0 unspecified atom stereocenters. The smallest absolute Gasteiger partial charge is 0.246 e. The minimum absolute atomic E-state index is 0. The predicted octanol–water partition coefficient (Wildman–Crippen LogP) is 1.33. The van der Waals surface area contributed by atoms with Crippen LogP contribution in [0.4, 0.5) is 5.88 Å². The van der Waals surface area contributed by atoms with Crippen molar-refractivity contribution in [3.8, 4) is 11.3 Å². The third-order valence-corrected chi connectivity index (χ3v) is 2.74. The number of nitrogens with two attached hydrogens (primary N) is 1. The molecule has 6 nitrogen and oxygen atoms in total. The van der Waals surface area contributed by atoms with E-state index in [1.54, 1.807) is 6.92 Å². The number of hydrogen-bond donors (Lipinski definition) is 3. The first-order valence-electron chi connectivity index (χ1n) is 5.82. The molecule has 0 aliphatic heterocycles. The molecule has 0 aliphatic carbocycles. The Hall–Kier alpha value is -1.89. The number of carbonyl (C=O) groups is 1. The average Bonchev–Trinajstić information content (AvgIpc) is 2.80. The summed E-state index contributed by atoms with van der Waals surface area (Å²) in [5.41, 5.74) is 7.68. The molecule has 2 aromatic rings. The largest absolute Gasteiger partial charge is 0.394 e. The van der Waals surface area contributed by atoms with Crippen molar-refractivity contribution in [2.75, 3.05) is 11.9 Å². The van der Waals surface area contributed by atoms with E-state index < -0.39 is 18.6 Å². The molecule has 1 atom stereocenters. The summed E-state index contributed by atoms with van der Waals surface area (Å²) in [6.07, 6.45) is 0. The summed E-state index contributed by atoms with van der Waals surface area (Å²) in [5.74, 6) is -0.269. The van der Waals surface area contributed by atoms with E-state index in [2.05, 4.69) is 10.5 Å². The van der Waals surface area contributed by atoms with Crippen molar-refractivity contribution in [1.29, 1.82) is 0 Å². The zero-order valence-corrected chi connectivity index (χ0v) is 11.7. The van der Waals surface area contributed by atoms with Gasteiger partial charge in [-0.2, -0.15) is 0 Å². The Labute approximate surface area is 122 Å². The van der Waals surface area contributed by atoms with Crippen LogP contribution in [0.25, 0.3) is 11.3 Å². The number of rotatable bonds is 4. The van der Waals surface area contributed by atoms with Crippen molar-refractivity contribution in [2.45, 2.75) is 13.0 Å². The van der Waals surface area contributed by atoms with Gasteiger partial charge in [-0.1, -0.05) is 35.5 Å². The number of hydrogen-bond acceptors (Lipinski definition) is 5. The van der Waals surface area contributed by atoms with Gasteiger partial charge in [-0.25, -0.2) is 0 Å². The molecular formula is C13H16ClN3O3. The number of aliphatic hydroxyl groups excluding tert-OH is 1. The Balaban J connectivity index is 0.00000200. The molecule has 0 radical (unpaired) electrons. The van der Waals surface area contributed by atoms with Crippen LogP contribution in [0, 0.1) is 6.92 Å². The highest BCUT2D eigenvalue weighted by atomic mass is 35.5.